The molecule has 0 unspecified atom stereocenters. The van der Waals surface area contributed by atoms with E-state index in [0.29, 0.717) is 0 Å². The average Bonchev–Trinajstić information content (AvgIpc) is 3.43. The van der Waals surface area contributed by atoms with Crippen LogP contribution >= 0.6 is 0 Å². The number of hydrogen-bond acceptors (Lipinski definition) is 4. The normalized spacial score (nSPS) is 11.7. The van der Waals surface area contributed by atoms with Crippen LogP contribution in [-0.4, -0.2) is 24.8 Å². The highest BCUT2D eigenvalue weighted by Crippen LogP contribution is 2.19. The van der Waals surface area contributed by atoms with Crippen molar-refractivity contribution in [2.45, 2.75) is 23.6 Å². The van der Waals surface area contributed by atoms with Crippen molar-refractivity contribution in [2.75, 3.05) is 0 Å². The molecule has 0 bridgehead atoms. The zero-order valence-corrected chi connectivity index (χ0v) is 19.1. The number of aryl methyl sites for hydroxylation is 2. The minimum Gasteiger partial charge on any atom is -0.234 e. The Hall–Kier alpha value is -3.54. The van der Waals surface area contributed by atoms with Gasteiger partial charge in [-0.1, -0.05) is 35.4 Å². The van der Waals surface area contributed by atoms with Crippen molar-refractivity contribution in [3.8, 4) is 11.8 Å². The van der Waals surface area contributed by atoms with Gasteiger partial charge in [0.2, 0.25) is 0 Å². The van der Waals surface area contributed by atoms with Crippen LogP contribution in [0.25, 0.3) is 0 Å². The quantitative estimate of drug-likeness (QED) is 0.431. The van der Waals surface area contributed by atoms with Gasteiger partial charge in [-0.3, -0.25) is 0 Å². The molecule has 8 heteroatoms. The Morgan fingerprint density at radius 1 is 0.562 bits per heavy atom. The molecule has 2 heterocycles. The number of rotatable bonds is 4. The van der Waals surface area contributed by atoms with Gasteiger partial charge in [-0.05, 0) is 74.2 Å². The van der Waals surface area contributed by atoms with Gasteiger partial charge in [0.15, 0.2) is 0 Å². The average molecular weight is 465 g/mol. The van der Waals surface area contributed by atoms with Gasteiger partial charge in [-0.15, -0.1) is 0 Å². The second kappa shape index (κ2) is 8.19. The Morgan fingerprint density at radius 2 is 0.906 bits per heavy atom. The standard InChI is InChI=1S/C24H20N2O4S2/c1-19-7-13-23(14-8-19)31(27,28)25-17-3-5-21(25)11-12-22-6-4-18-26(22)32(29,30)24-15-9-20(2)10-16-24/h3-10,13-18H,1-2H3. The molecule has 4 rings (SSSR count). The van der Waals surface area contributed by atoms with Crippen LogP contribution in [0.5, 0.6) is 0 Å². The predicted molar refractivity (Wildman–Crippen MR) is 122 cm³/mol. The third-order valence-electron chi connectivity index (χ3n) is 4.90. The van der Waals surface area contributed by atoms with Crippen LogP contribution < -0.4 is 0 Å². The third-order valence-corrected chi connectivity index (χ3v) is 8.31. The number of benzene rings is 2. The maximum atomic E-state index is 13.0. The van der Waals surface area contributed by atoms with E-state index in [2.05, 4.69) is 11.8 Å². The summed E-state index contributed by atoms with van der Waals surface area (Å²) >= 11 is 0. The molecular weight excluding hydrogens is 444 g/mol. The molecule has 0 radical (unpaired) electrons. The van der Waals surface area contributed by atoms with Gasteiger partial charge in [0.05, 0.1) is 9.79 Å². The molecule has 6 nitrogen and oxygen atoms in total. The Kier molecular flexibility index (Phi) is 5.55. The first-order valence-corrected chi connectivity index (χ1v) is 12.6. The summed E-state index contributed by atoms with van der Waals surface area (Å²) in [6.07, 6.45) is 2.84. The fraction of sp³-hybridized carbons (Fsp3) is 0.0833. The molecule has 32 heavy (non-hydrogen) atoms. The summed E-state index contributed by atoms with van der Waals surface area (Å²) in [5, 5.41) is 0. The van der Waals surface area contributed by atoms with Crippen molar-refractivity contribution in [1.29, 1.82) is 0 Å². The van der Waals surface area contributed by atoms with E-state index in [-0.39, 0.29) is 21.2 Å². The first-order valence-electron chi connectivity index (χ1n) is 9.71. The largest absolute Gasteiger partial charge is 0.268 e. The summed E-state index contributed by atoms with van der Waals surface area (Å²) in [6, 6.07) is 19.4. The van der Waals surface area contributed by atoms with Crippen molar-refractivity contribution in [3.63, 3.8) is 0 Å². The summed E-state index contributed by atoms with van der Waals surface area (Å²) in [4.78, 5) is 0.292. The van der Waals surface area contributed by atoms with Crippen LogP contribution in [0, 0.1) is 25.7 Å². The number of aromatic nitrogens is 2. The molecule has 0 aliphatic carbocycles. The second-order valence-electron chi connectivity index (χ2n) is 7.26. The highest BCUT2D eigenvalue weighted by Gasteiger charge is 2.20. The Bertz CT molecular complexity index is 1430. The molecule has 0 saturated carbocycles. The maximum Gasteiger partial charge on any atom is 0.268 e. The van der Waals surface area contributed by atoms with Crippen LogP contribution in [0.4, 0.5) is 0 Å². The first-order chi connectivity index (χ1) is 15.2. The summed E-state index contributed by atoms with van der Waals surface area (Å²) in [7, 11) is -7.66. The van der Waals surface area contributed by atoms with Crippen LogP contribution in [0.1, 0.15) is 22.5 Å². The summed E-state index contributed by atoms with van der Waals surface area (Å²) in [6.45, 7) is 3.76. The van der Waals surface area contributed by atoms with Gasteiger partial charge < -0.3 is 0 Å². The van der Waals surface area contributed by atoms with Crippen LogP contribution in [0.2, 0.25) is 0 Å². The van der Waals surface area contributed by atoms with E-state index in [4.69, 9.17) is 0 Å². The zero-order valence-electron chi connectivity index (χ0n) is 17.4. The van der Waals surface area contributed by atoms with Gasteiger partial charge in [0, 0.05) is 12.4 Å². The molecule has 0 amide bonds. The highest BCUT2D eigenvalue weighted by molar-refractivity contribution is 7.90. The fourth-order valence-electron chi connectivity index (χ4n) is 3.12. The van der Waals surface area contributed by atoms with E-state index in [1.807, 2.05) is 13.8 Å². The summed E-state index contributed by atoms with van der Waals surface area (Å²) in [5.41, 5.74) is 2.36. The van der Waals surface area contributed by atoms with Crippen molar-refractivity contribution < 1.29 is 16.8 Å². The SMILES string of the molecule is Cc1ccc(S(=O)(=O)n2cccc2C#Cc2cccn2S(=O)(=O)c2ccc(C)cc2)cc1. The molecule has 0 atom stereocenters. The van der Waals surface area contributed by atoms with Crippen molar-refractivity contribution >= 4 is 20.0 Å². The van der Waals surface area contributed by atoms with Crippen LogP contribution in [0.3, 0.4) is 0 Å². The minimum absolute atomic E-state index is 0.146. The molecule has 2 aromatic carbocycles. The van der Waals surface area contributed by atoms with Gasteiger partial charge >= 0.3 is 0 Å². The minimum atomic E-state index is -3.83. The lowest BCUT2D eigenvalue weighted by Crippen LogP contribution is -2.14. The number of nitrogens with zero attached hydrogens (tertiary/aromatic N) is 2. The summed E-state index contributed by atoms with van der Waals surface area (Å²) in [5.74, 6) is 5.61. The van der Waals surface area contributed by atoms with E-state index < -0.39 is 20.0 Å². The van der Waals surface area contributed by atoms with E-state index in [9.17, 15) is 16.8 Å². The molecule has 2 aromatic heterocycles. The third kappa shape index (κ3) is 4.00. The van der Waals surface area contributed by atoms with Crippen molar-refractivity contribution in [1.82, 2.24) is 7.94 Å². The Morgan fingerprint density at radius 3 is 1.25 bits per heavy atom. The Labute approximate surface area is 187 Å². The van der Waals surface area contributed by atoms with Crippen LogP contribution in [0.15, 0.2) is 95.0 Å². The topological polar surface area (TPSA) is 78.1 Å². The zero-order chi connectivity index (χ0) is 22.9. The summed E-state index contributed by atoms with van der Waals surface area (Å²) < 4.78 is 54.3. The lowest BCUT2D eigenvalue weighted by atomic mass is 10.2. The smallest absolute Gasteiger partial charge is 0.234 e. The molecular formula is C24H20N2O4S2. The molecule has 0 spiro atoms. The van der Waals surface area contributed by atoms with Crippen molar-refractivity contribution in [2.24, 2.45) is 0 Å². The van der Waals surface area contributed by atoms with E-state index in [0.717, 1.165) is 19.1 Å². The molecule has 162 valence electrons. The molecule has 0 aliphatic heterocycles. The Balaban J connectivity index is 1.72. The lowest BCUT2D eigenvalue weighted by Gasteiger charge is -2.08. The van der Waals surface area contributed by atoms with Gasteiger partial charge in [0.25, 0.3) is 20.0 Å². The van der Waals surface area contributed by atoms with E-state index >= 15 is 0 Å². The van der Waals surface area contributed by atoms with Crippen molar-refractivity contribution in [3.05, 3.63) is 108 Å². The molecule has 4 aromatic rings. The molecule has 0 N–H and O–H groups in total. The maximum absolute atomic E-state index is 13.0. The predicted octanol–water partition coefficient (Wildman–Crippen LogP) is 3.78. The van der Waals surface area contributed by atoms with Crippen LogP contribution in [-0.2, 0) is 20.0 Å². The van der Waals surface area contributed by atoms with Gasteiger partial charge in [-0.25, -0.2) is 24.8 Å². The molecule has 0 saturated heterocycles. The van der Waals surface area contributed by atoms with Gasteiger partial charge in [-0.2, -0.15) is 0 Å². The highest BCUT2D eigenvalue weighted by atomic mass is 32.2. The molecule has 0 fully saturated rings. The van der Waals surface area contributed by atoms with E-state index in [1.165, 1.54) is 12.4 Å². The first kappa shape index (κ1) is 21.7. The monoisotopic (exact) mass is 464 g/mol. The second-order valence-corrected chi connectivity index (χ2v) is 10.9. The lowest BCUT2D eigenvalue weighted by molar-refractivity contribution is 0.585. The number of hydrogen-bond donors (Lipinski definition) is 0. The van der Waals surface area contributed by atoms with Gasteiger partial charge in [0.1, 0.15) is 11.4 Å². The molecule has 0 aliphatic rings. The van der Waals surface area contributed by atoms with E-state index in [1.54, 1.807) is 72.8 Å². The fourth-order valence-corrected chi connectivity index (χ4v) is 5.73.